The maximum absolute atomic E-state index is 10.9. The summed E-state index contributed by atoms with van der Waals surface area (Å²) in [4.78, 5) is 21.2. The molecule has 0 aliphatic carbocycles. The molecule has 0 saturated heterocycles. The monoisotopic (exact) mass is 204 g/mol. The molecule has 0 aromatic heterocycles. The van der Waals surface area contributed by atoms with Gasteiger partial charge in [-0.3, -0.25) is 10.1 Å². The molecule has 1 aliphatic heterocycles. The topological polar surface area (TPSA) is 136 Å². The first kappa shape index (κ1) is 10.4. The highest BCUT2D eigenvalue weighted by Crippen LogP contribution is 2.07. The number of carboxylic acid groups (broad SMARTS) is 1. The highest BCUT2D eigenvalue weighted by molar-refractivity contribution is 6.33. The molecule has 0 radical (unpaired) electrons. The molecule has 78 valence electrons. The summed E-state index contributed by atoms with van der Waals surface area (Å²) in [6, 6.07) is 0. The van der Waals surface area contributed by atoms with E-state index in [1.807, 2.05) is 5.32 Å². The van der Waals surface area contributed by atoms with Crippen molar-refractivity contribution >= 4 is 17.8 Å². The van der Waals surface area contributed by atoms with E-state index in [1.165, 1.54) is 0 Å². The molecule has 0 fully saturated rings. The predicted molar refractivity (Wildman–Crippen MR) is 42.5 cm³/mol. The highest BCUT2D eigenvalue weighted by Gasteiger charge is 2.52. The van der Waals surface area contributed by atoms with Gasteiger partial charge in [-0.2, -0.15) is 0 Å². The molecule has 0 aromatic carbocycles. The van der Waals surface area contributed by atoms with Crippen LogP contribution >= 0.6 is 0 Å². The Balaban J connectivity index is 3.05. The van der Waals surface area contributed by atoms with Crippen LogP contribution in [-0.2, 0) is 9.59 Å². The molecule has 8 nitrogen and oxygen atoms in total. The van der Waals surface area contributed by atoms with Gasteiger partial charge in [0.1, 0.15) is 6.54 Å². The number of carboxylic acids is 1. The number of nitrogens with two attached hydrogens (primary N) is 1. The van der Waals surface area contributed by atoms with Gasteiger partial charge in [0.05, 0.1) is 0 Å². The van der Waals surface area contributed by atoms with Crippen LogP contribution < -0.4 is 11.1 Å². The Morgan fingerprint density at radius 1 is 1.64 bits per heavy atom. The van der Waals surface area contributed by atoms with Gasteiger partial charge >= 0.3 is 23.6 Å². The lowest BCUT2D eigenvalue weighted by Crippen LogP contribution is -2.56. The lowest BCUT2D eigenvalue weighted by molar-refractivity contribution is -0.650. The molecule has 1 aliphatic rings. The Morgan fingerprint density at radius 3 is 2.64 bits per heavy atom. The van der Waals surface area contributed by atoms with Gasteiger partial charge in [-0.15, -0.1) is 4.58 Å². The molecule has 0 aromatic rings. The average Bonchev–Trinajstić information content (AvgIpc) is 2.30. The van der Waals surface area contributed by atoms with Crippen molar-refractivity contribution in [2.24, 2.45) is 5.73 Å². The van der Waals surface area contributed by atoms with E-state index < -0.39 is 36.7 Å². The molecule has 0 unspecified atom stereocenters. The average molecular weight is 204 g/mol. The molecule has 1 atom stereocenters. The molecule has 0 bridgehead atoms. The summed E-state index contributed by atoms with van der Waals surface area (Å²) in [6.45, 7) is -1.16. The Morgan fingerprint density at radius 2 is 2.21 bits per heavy atom. The number of carbonyl (C=O) groups excluding carboxylic acids is 1. The third-order valence-corrected chi connectivity index (χ3v) is 1.80. The van der Waals surface area contributed by atoms with Gasteiger partial charge in [-0.25, -0.2) is 4.79 Å². The molecule has 6 N–H and O–H groups in total. The van der Waals surface area contributed by atoms with Crippen molar-refractivity contribution in [1.82, 2.24) is 5.32 Å². The summed E-state index contributed by atoms with van der Waals surface area (Å²) in [6.07, 6.45) is 0. The first-order chi connectivity index (χ1) is 6.40. The summed E-state index contributed by atoms with van der Waals surface area (Å²) in [5.74, 6) is -5.15. The fraction of sp³-hybridized carbons (Fsp3) is 0.500. The summed E-state index contributed by atoms with van der Waals surface area (Å²) in [5.41, 5.74) is 5.13. The summed E-state index contributed by atoms with van der Waals surface area (Å²) in [5, 5.41) is 29.1. The quantitative estimate of drug-likeness (QED) is 0.307. The fourth-order valence-electron chi connectivity index (χ4n) is 1.11. The predicted octanol–water partition coefficient (Wildman–Crippen LogP) is -3.23. The number of nitrogens with one attached hydrogen (secondary N) is 1. The Bertz CT molecular complexity index is 325. The van der Waals surface area contributed by atoms with E-state index >= 15 is 0 Å². The summed E-state index contributed by atoms with van der Waals surface area (Å²) < 4.78 is 0.581. The standard InChI is InChI=1S/C6H9N3O5/c7-2-6(14)8-4(12)5(13)9(6)1-3(10)11/h14H,1-2,7H2,(H2,8,10,11,12)/p+1/t6-/m1/s1. The number of rotatable bonds is 3. The molecule has 1 rings (SSSR count). The number of nitrogens with zero attached hydrogens (tertiary/aromatic N) is 1. The second-order valence-corrected chi connectivity index (χ2v) is 2.78. The van der Waals surface area contributed by atoms with Crippen LogP contribution in [0.25, 0.3) is 0 Å². The molecular weight excluding hydrogens is 194 g/mol. The van der Waals surface area contributed by atoms with Crippen molar-refractivity contribution in [2.75, 3.05) is 13.1 Å². The normalized spacial score (nSPS) is 26.6. The van der Waals surface area contributed by atoms with Crippen LogP contribution in [0.1, 0.15) is 0 Å². The van der Waals surface area contributed by atoms with Crippen molar-refractivity contribution in [3.8, 4) is 0 Å². The van der Waals surface area contributed by atoms with Gasteiger partial charge in [0.15, 0.2) is 0 Å². The largest absolute Gasteiger partial charge is 0.477 e. The zero-order valence-electron chi connectivity index (χ0n) is 7.10. The fourth-order valence-corrected chi connectivity index (χ4v) is 1.11. The van der Waals surface area contributed by atoms with Gasteiger partial charge in [0, 0.05) is 0 Å². The number of aliphatic hydroxyl groups excluding tert-OH is 1. The van der Waals surface area contributed by atoms with Crippen LogP contribution in [0.2, 0.25) is 0 Å². The van der Waals surface area contributed by atoms with Crippen molar-refractivity contribution < 1.29 is 29.5 Å². The second kappa shape index (κ2) is 3.24. The van der Waals surface area contributed by atoms with Gasteiger partial charge in [0.2, 0.25) is 6.54 Å². The van der Waals surface area contributed by atoms with Crippen molar-refractivity contribution in [3.05, 3.63) is 0 Å². The molecule has 1 heterocycles. The molecule has 0 saturated carbocycles. The number of hydrogen-bond donors (Lipinski definition) is 5. The Labute approximate surface area is 78.3 Å². The van der Waals surface area contributed by atoms with Crippen LogP contribution in [-0.4, -0.2) is 56.6 Å². The first-order valence-corrected chi connectivity index (χ1v) is 3.71. The van der Waals surface area contributed by atoms with Crippen LogP contribution in [0.5, 0.6) is 0 Å². The van der Waals surface area contributed by atoms with E-state index in [-0.39, 0.29) is 0 Å². The van der Waals surface area contributed by atoms with Gasteiger partial charge in [0.25, 0.3) is 0 Å². The minimum Gasteiger partial charge on any atom is -0.477 e. The minimum absolute atomic E-state index is 0.434. The zero-order valence-corrected chi connectivity index (χ0v) is 7.10. The van der Waals surface area contributed by atoms with E-state index in [1.54, 1.807) is 0 Å². The smallest absolute Gasteiger partial charge is 0.432 e. The summed E-state index contributed by atoms with van der Waals surface area (Å²) in [7, 11) is 0. The highest BCUT2D eigenvalue weighted by atomic mass is 16.4. The van der Waals surface area contributed by atoms with Crippen molar-refractivity contribution in [2.45, 2.75) is 5.85 Å². The van der Waals surface area contributed by atoms with Gasteiger partial charge in [-0.05, 0) is 0 Å². The number of carbonyl (C=O) groups is 2. The number of aliphatic hydroxyl groups is 2. The Hall–Kier alpha value is -1.67. The lowest BCUT2D eigenvalue weighted by Gasteiger charge is -2.15. The summed E-state index contributed by atoms with van der Waals surface area (Å²) >= 11 is 0. The molecule has 14 heavy (non-hydrogen) atoms. The second-order valence-electron chi connectivity index (χ2n) is 2.78. The van der Waals surface area contributed by atoms with E-state index in [2.05, 4.69) is 0 Å². The van der Waals surface area contributed by atoms with E-state index in [0.717, 1.165) is 0 Å². The number of amides is 1. The first-order valence-electron chi connectivity index (χ1n) is 3.71. The maximum Gasteiger partial charge on any atom is 0.432 e. The third-order valence-electron chi connectivity index (χ3n) is 1.80. The van der Waals surface area contributed by atoms with Crippen LogP contribution in [0, 0.1) is 0 Å². The molecule has 0 spiro atoms. The third kappa shape index (κ3) is 1.52. The van der Waals surface area contributed by atoms with E-state index in [4.69, 9.17) is 15.9 Å². The molecule has 1 amide bonds. The lowest BCUT2D eigenvalue weighted by atomic mass is 10.4. The number of hydrogen-bond acceptors (Lipinski definition) is 4. The van der Waals surface area contributed by atoms with E-state index in [0.29, 0.717) is 4.58 Å². The zero-order chi connectivity index (χ0) is 10.9. The Kier molecular flexibility index (Phi) is 2.41. The minimum atomic E-state index is -2.03. The molecule has 8 heteroatoms. The van der Waals surface area contributed by atoms with Crippen molar-refractivity contribution in [1.29, 1.82) is 0 Å². The SMILES string of the molecule is NC[C@@]1(O)NC(=O)C(O)=[N+]1CC(=O)O. The van der Waals surface area contributed by atoms with Crippen LogP contribution in [0.3, 0.4) is 0 Å². The van der Waals surface area contributed by atoms with Crippen LogP contribution in [0.4, 0.5) is 0 Å². The van der Waals surface area contributed by atoms with Crippen LogP contribution in [0.15, 0.2) is 0 Å². The van der Waals surface area contributed by atoms with Crippen molar-refractivity contribution in [3.63, 3.8) is 0 Å². The number of aliphatic carboxylic acids is 1. The molecular formula is C6H10N3O5+. The van der Waals surface area contributed by atoms with Gasteiger partial charge in [-0.1, -0.05) is 0 Å². The van der Waals surface area contributed by atoms with Gasteiger partial charge < -0.3 is 21.1 Å². The maximum atomic E-state index is 10.9. The van der Waals surface area contributed by atoms with E-state index in [9.17, 15) is 14.7 Å².